The summed E-state index contributed by atoms with van der Waals surface area (Å²) in [5.41, 5.74) is 23.6. The van der Waals surface area contributed by atoms with Crippen molar-refractivity contribution in [2.24, 2.45) is 0 Å². The zero-order chi connectivity index (χ0) is 69.6. The number of benzene rings is 14. The zero-order valence-corrected chi connectivity index (χ0v) is 57.6. The van der Waals surface area contributed by atoms with E-state index in [9.17, 15) is 0 Å². The molecule has 19 aromatic rings. The third-order valence-electron chi connectivity index (χ3n) is 22.4. The molecule has 0 unspecified atom stereocenters. The molecule has 0 atom stereocenters. The number of aromatic nitrogens is 5. The molecular weight excluding hydrogens is 1320 g/mol. The number of hydrogen-bond donors (Lipinski definition) is 0. The summed E-state index contributed by atoms with van der Waals surface area (Å²) in [7, 11) is -4.09. The van der Waals surface area contributed by atoms with Crippen LogP contribution in [0.25, 0.3) is 143 Å². The van der Waals surface area contributed by atoms with Gasteiger partial charge >= 0.3 is 0 Å². The van der Waals surface area contributed by atoms with Gasteiger partial charge in [0, 0.05) is 108 Å². The van der Waals surface area contributed by atoms with E-state index in [1.165, 1.54) is 21.5 Å². The highest BCUT2D eigenvalue weighted by atomic mass is 32.2. The Balaban J connectivity index is 0.834. The Labute approximate surface area is 607 Å². The molecule has 23 rings (SSSR count). The maximum atomic E-state index is 15.5. The Morgan fingerprint density at radius 2 is 0.821 bits per heavy atom. The highest BCUT2D eigenvalue weighted by Crippen LogP contribution is 2.52. The first-order valence-corrected chi connectivity index (χ1v) is 37.3. The van der Waals surface area contributed by atoms with Crippen molar-refractivity contribution in [1.29, 1.82) is 0 Å². The predicted molar refractivity (Wildman–Crippen MR) is 431 cm³/mol. The molecule has 5 aromatic heterocycles. The summed E-state index contributed by atoms with van der Waals surface area (Å²) < 4.78 is 49.9. The summed E-state index contributed by atoms with van der Waals surface area (Å²) in [4.78, 5) is 8.53. The first-order valence-electron chi connectivity index (χ1n) is 35.9. The van der Waals surface area contributed by atoms with Crippen molar-refractivity contribution < 1.29 is 13.2 Å². The molecule has 0 N–H and O–H groups in total. The van der Waals surface area contributed by atoms with E-state index >= 15 is 8.42 Å². The molecule has 0 radical (unpaired) electrons. The fourth-order valence-electron chi connectivity index (χ4n) is 17.9. The number of ether oxygens (including phenoxy) is 1. The van der Waals surface area contributed by atoms with Crippen LogP contribution in [0.2, 0.25) is 0 Å². The molecule has 0 bridgehead atoms. The molecule has 106 heavy (non-hydrogen) atoms. The van der Waals surface area contributed by atoms with Gasteiger partial charge in [0.1, 0.15) is 27.8 Å². The normalized spacial score (nSPS) is 14.2. The monoisotopic (exact) mass is 1380 g/mol. The van der Waals surface area contributed by atoms with Crippen molar-refractivity contribution in [3.05, 3.63) is 367 Å². The van der Waals surface area contributed by atoms with E-state index in [-0.39, 0.29) is 22.0 Å². The molecule has 2 aliphatic heterocycles. The highest BCUT2D eigenvalue weighted by Gasteiger charge is 2.40. The fourth-order valence-corrected chi connectivity index (χ4v) is 19.5. The van der Waals surface area contributed by atoms with Crippen LogP contribution in [-0.2, 0) is 9.84 Å². The Kier molecular flexibility index (Phi) is 12.2. The average molecular weight is 1380 g/mol. The molecular formula is C95H58N7O3S+. The number of allylic oxidation sites excluding steroid dienone is 3. The summed E-state index contributed by atoms with van der Waals surface area (Å²) in [6.07, 6.45) is 4.00. The van der Waals surface area contributed by atoms with Crippen molar-refractivity contribution in [3.63, 3.8) is 0 Å². The second-order valence-corrected chi connectivity index (χ2v) is 29.9. The van der Waals surface area contributed by atoms with Gasteiger partial charge in [-0.3, -0.25) is 9.88 Å². The van der Waals surface area contributed by atoms with Gasteiger partial charge in [0.15, 0.2) is 0 Å². The number of nitrogens with zero attached hydrogens (tertiary/aromatic N) is 7. The first kappa shape index (κ1) is 58.7. The number of pyridine rings is 1. The van der Waals surface area contributed by atoms with Gasteiger partial charge in [-0.05, 0) is 161 Å². The van der Waals surface area contributed by atoms with Crippen LogP contribution >= 0.6 is 0 Å². The van der Waals surface area contributed by atoms with Crippen molar-refractivity contribution >= 4 is 137 Å². The van der Waals surface area contributed by atoms with Crippen LogP contribution in [0.3, 0.4) is 0 Å². The number of para-hydroxylation sites is 11. The minimum atomic E-state index is -4.09. The summed E-state index contributed by atoms with van der Waals surface area (Å²) >= 11 is 0. The van der Waals surface area contributed by atoms with E-state index in [0.717, 1.165) is 161 Å². The molecule has 10 nitrogen and oxygen atoms in total. The van der Waals surface area contributed by atoms with Gasteiger partial charge in [-0.1, -0.05) is 176 Å². The minimum Gasteiger partial charge on any atom is -0.455 e. The van der Waals surface area contributed by atoms with Gasteiger partial charge in [-0.15, -0.1) is 4.58 Å². The van der Waals surface area contributed by atoms with E-state index < -0.39 is 9.84 Å². The van der Waals surface area contributed by atoms with E-state index in [2.05, 4.69) is 331 Å². The summed E-state index contributed by atoms with van der Waals surface area (Å²) in [6, 6.07) is 117. The van der Waals surface area contributed by atoms with E-state index in [4.69, 9.17) is 9.72 Å². The number of rotatable bonds is 6. The van der Waals surface area contributed by atoms with Gasteiger partial charge < -0.3 is 23.0 Å². The second-order valence-electron chi connectivity index (χ2n) is 27.9. The molecule has 14 aromatic carbocycles. The van der Waals surface area contributed by atoms with Gasteiger partial charge in [0.25, 0.3) is 0 Å². The largest absolute Gasteiger partial charge is 0.455 e. The lowest BCUT2D eigenvalue weighted by atomic mass is 9.81. The van der Waals surface area contributed by atoms with Crippen molar-refractivity contribution in [2.75, 3.05) is 4.90 Å². The van der Waals surface area contributed by atoms with Crippen molar-refractivity contribution in [3.8, 4) is 50.8 Å². The molecule has 496 valence electrons. The van der Waals surface area contributed by atoms with Crippen LogP contribution in [0.1, 0.15) is 12.1 Å². The van der Waals surface area contributed by atoms with Crippen LogP contribution in [0.4, 0.5) is 28.4 Å². The number of sulfone groups is 1. The number of fused-ring (bicyclic) bond motifs is 22. The van der Waals surface area contributed by atoms with E-state index in [0.29, 0.717) is 11.4 Å². The van der Waals surface area contributed by atoms with Crippen molar-refractivity contribution in [2.45, 2.75) is 11.3 Å². The third-order valence-corrected chi connectivity index (χ3v) is 24.3. The highest BCUT2D eigenvalue weighted by molar-refractivity contribution is 7.95. The molecule has 0 saturated heterocycles. The van der Waals surface area contributed by atoms with Crippen LogP contribution in [0.5, 0.6) is 5.75 Å². The smallest absolute Gasteiger partial charge is 0.236 e. The fraction of sp³-hybridized carbons (Fsp3) is 0.0105. The maximum Gasteiger partial charge on any atom is 0.236 e. The molecule has 0 fully saturated rings. The standard InChI is InChI=1S/C95H58N7O3S/c103-106(104)93-42-22-21-41-91(93)105-92-55-78-74(56-94(92)106)73-54-90-89(97(58-23-3-1-4-24-58)87-39-19-20-40-88(87)98(90)59-25-5-2-6-26-59)53-72(73)64-46-43-60(101-83-37-17-11-31-69(83)75-50-61(44-47-85(75)101)99-79-33-13-7-27-65(79)66-28-8-14-34-80(66)99)49-71(64)77-52-63(57-96-95(77)78)102-84-38-18-12-32-70(84)76-51-62(45-48-86(76)102)100-81-35-15-9-29-67(81)68-30-10-16-36-82(68)100/h1-55,57H,56H2/q+1. The number of hydrogen-bond acceptors (Lipinski definition) is 5. The average Bonchev–Trinajstić information content (AvgIpc) is 1.04. The molecule has 0 saturated carbocycles. The zero-order valence-electron chi connectivity index (χ0n) is 56.8. The van der Waals surface area contributed by atoms with Crippen LogP contribution in [0.15, 0.2) is 355 Å². The van der Waals surface area contributed by atoms with Gasteiger partial charge in [-0.2, -0.15) is 0 Å². The summed E-state index contributed by atoms with van der Waals surface area (Å²) in [6.45, 7) is 0. The molecule has 0 spiro atoms. The Morgan fingerprint density at radius 3 is 1.41 bits per heavy atom. The molecule has 0 amide bonds. The first-order chi connectivity index (χ1) is 52.4. The van der Waals surface area contributed by atoms with Gasteiger partial charge in [0.2, 0.25) is 26.6 Å². The molecule has 11 heteroatoms. The topological polar surface area (TPSA) is 82.2 Å². The summed E-state index contributed by atoms with van der Waals surface area (Å²) in [5, 5.41) is 11.1. The Bertz CT molecular complexity index is 7370. The second kappa shape index (κ2) is 22.1. The lowest BCUT2D eigenvalue weighted by molar-refractivity contribution is 0.419. The van der Waals surface area contributed by atoms with E-state index in [1.54, 1.807) is 18.2 Å². The summed E-state index contributed by atoms with van der Waals surface area (Å²) in [5.74, 6) is 0.574. The predicted octanol–water partition coefficient (Wildman–Crippen LogP) is 21.8. The van der Waals surface area contributed by atoms with Crippen LogP contribution in [0, 0.1) is 0 Å². The van der Waals surface area contributed by atoms with Crippen LogP contribution < -0.4 is 24.8 Å². The van der Waals surface area contributed by atoms with Crippen LogP contribution in [-0.4, -0.2) is 31.7 Å². The molecule has 4 aliphatic rings. The third kappa shape index (κ3) is 8.28. The Hall–Kier alpha value is -13.9. The van der Waals surface area contributed by atoms with Gasteiger partial charge in [0.05, 0.1) is 66.6 Å². The number of anilines is 3. The SMILES string of the molecule is O=S1(=O)C2=C(C=C3C(=c4cc5c(cc4-c4ccc(-n6c7ccccc7c7cc(-n8c9ccccc9c9ccccc98)ccc76)cc4-c4cc(-n6c7ccccc7c7cc(-n8c9ccccc9c9ccccc98)ccc76)cnc43)=[N+](c3ccccc3)c3ccccc3N5c3ccccc3)C2)Oc2ccccc21. The van der Waals surface area contributed by atoms with Crippen molar-refractivity contribution in [1.82, 2.24) is 27.8 Å². The maximum absolute atomic E-state index is 15.5. The quantitative estimate of drug-likeness (QED) is 0.155. The van der Waals surface area contributed by atoms with E-state index in [1.807, 2.05) is 18.3 Å². The lowest BCUT2D eigenvalue weighted by Gasteiger charge is -2.31. The lowest BCUT2D eigenvalue weighted by Crippen LogP contribution is -2.35. The molecule has 7 heterocycles. The Morgan fingerprint density at radius 1 is 0.358 bits per heavy atom. The van der Waals surface area contributed by atoms with Gasteiger partial charge in [-0.25, -0.2) is 8.42 Å². The minimum absolute atomic E-state index is 0.0311. The molecule has 2 aliphatic carbocycles.